The van der Waals surface area contributed by atoms with Crippen LogP contribution >= 0.6 is 22.7 Å². The summed E-state index contributed by atoms with van der Waals surface area (Å²) in [6.07, 6.45) is 0.389. The van der Waals surface area contributed by atoms with Crippen LogP contribution in [0.2, 0.25) is 0 Å². The van der Waals surface area contributed by atoms with E-state index in [1.807, 2.05) is 37.5 Å². The molecule has 4 amide bonds. The van der Waals surface area contributed by atoms with Crippen LogP contribution in [0.5, 0.6) is 0 Å². The summed E-state index contributed by atoms with van der Waals surface area (Å²) in [7, 11) is 2.60. The Labute approximate surface area is 347 Å². The molecule has 0 unspecified atom stereocenters. The first-order valence-electron chi connectivity index (χ1n) is 20.0. The first-order valence-corrected chi connectivity index (χ1v) is 21.6. The molecule has 0 radical (unpaired) electrons. The van der Waals surface area contributed by atoms with Crippen LogP contribution in [-0.4, -0.2) is 83.2 Å². The number of methoxy groups -OCH3 is 2. The number of nitrogens with one attached hydrogen (secondary N) is 2. The van der Waals surface area contributed by atoms with Gasteiger partial charge in [-0.25, -0.2) is 19.6 Å². The number of ether oxygens (including phenoxy) is 2. The van der Waals surface area contributed by atoms with Crippen molar-refractivity contribution in [3.63, 3.8) is 0 Å². The van der Waals surface area contributed by atoms with Crippen molar-refractivity contribution in [2.75, 3.05) is 27.3 Å². The Hall–Kier alpha value is -5.08. The number of carbonyl (C=O) groups is 4. The first kappa shape index (κ1) is 41.1. The number of hydrogen-bond donors (Lipinski definition) is 2. The highest BCUT2D eigenvalue weighted by Crippen LogP contribution is 2.42. The van der Waals surface area contributed by atoms with Gasteiger partial charge in [0.15, 0.2) is 0 Å². The average Bonchev–Trinajstić information content (AvgIpc) is 4.01. The minimum atomic E-state index is -0.684. The zero-order valence-electron chi connectivity index (χ0n) is 34.3. The molecule has 2 aliphatic rings. The van der Waals surface area contributed by atoms with Gasteiger partial charge >= 0.3 is 12.2 Å². The Balaban J connectivity index is 1.08. The van der Waals surface area contributed by atoms with Gasteiger partial charge in [-0.2, -0.15) is 0 Å². The number of rotatable bonds is 10. The zero-order chi connectivity index (χ0) is 41.4. The summed E-state index contributed by atoms with van der Waals surface area (Å²) in [6, 6.07) is 19.5. The summed E-state index contributed by atoms with van der Waals surface area (Å²) >= 11 is 3.23. The molecule has 4 heterocycles. The van der Waals surface area contributed by atoms with Gasteiger partial charge < -0.3 is 29.9 Å². The van der Waals surface area contributed by atoms with Crippen molar-refractivity contribution in [3.8, 4) is 22.3 Å². The highest BCUT2D eigenvalue weighted by atomic mass is 32.1. The second-order valence-corrected chi connectivity index (χ2v) is 18.6. The summed E-state index contributed by atoms with van der Waals surface area (Å²) in [5.41, 5.74) is 6.02. The Morgan fingerprint density at radius 3 is 1.33 bits per heavy atom. The molecule has 0 saturated carbocycles. The van der Waals surface area contributed by atoms with Crippen LogP contribution in [0.3, 0.4) is 0 Å². The molecule has 306 valence electrons. The van der Waals surface area contributed by atoms with E-state index in [0.717, 1.165) is 65.5 Å². The Bertz CT molecular complexity index is 2160. The molecular formula is C44H52N6O6S2. The third-order valence-corrected chi connectivity index (χ3v) is 13.6. The Morgan fingerprint density at radius 1 is 0.621 bits per heavy atom. The number of nitrogens with zero attached hydrogens (tertiary/aromatic N) is 4. The molecular weight excluding hydrogens is 773 g/mol. The largest absolute Gasteiger partial charge is 0.453 e. The topological polar surface area (TPSA) is 143 Å². The summed E-state index contributed by atoms with van der Waals surface area (Å²) < 4.78 is 11.7. The van der Waals surface area contributed by atoms with Crippen LogP contribution in [0, 0.1) is 23.7 Å². The van der Waals surface area contributed by atoms with Crippen molar-refractivity contribution >= 4 is 67.1 Å². The van der Waals surface area contributed by atoms with E-state index in [1.165, 1.54) is 14.2 Å². The second kappa shape index (κ2) is 17.0. The van der Waals surface area contributed by atoms with E-state index in [0.29, 0.717) is 24.9 Å². The summed E-state index contributed by atoms with van der Waals surface area (Å²) in [6.45, 7) is 13.2. The highest BCUT2D eigenvalue weighted by molar-refractivity contribution is 7.19. The van der Waals surface area contributed by atoms with Gasteiger partial charge in [0.25, 0.3) is 0 Å². The monoisotopic (exact) mass is 824 g/mol. The number of amides is 4. The van der Waals surface area contributed by atoms with E-state index in [-0.39, 0.29) is 35.7 Å². The number of benzene rings is 3. The minimum Gasteiger partial charge on any atom is -0.453 e. The van der Waals surface area contributed by atoms with Crippen molar-refractivity contribution in [1.82, 2.24) is 30.4 Å². The number of carbonyl (C=O) groups excluding carboxylic acids is 4. The summed E-state index contributed by atoms with van der Waals surface area (Å²) in [5, 5.41) is 7.28. The molecule has 0 aliphatic carbocycles. The van der Waals surface area contributed by atoms with Gasteiger partial charge in [-0.15, -0.1) is 22.7 Å². The Kier molecular flexibility index (Phi) is 12.1. The van der Waals surface area contributed by atoms with Crippen molar-refractivity contribution in [2.24, 2.45) is 23.7 Å². The van der Waals surface area contributed by atoms with Crippen molar-refractivity contribution in [2.45, 2.75) is 78.6 Å². The molecule has 3 aromatic carbocycles. The molecule has 5 aromatic rings. The minimum absolute atomic E-state index is 0.103. The lowest BCUT2D eigenvalue weighted by molar-refractivity contribution is -0.136. The van der Waals surface area contributed by atoms with Crippen LogP contribution in [0.25, 0.3) is 42.7 Å². The van der Waals surface area contributed by atoms with E-state index in [1.54, 1.807) is 22.7 Å². The number of likely N-dealkylation sites (tertiary alicyclic amines) is 2. The lowest BCUT2D eigenvalue weighted by Crippen LogP contribution is -2.51. The summed E-state index contributed by atoms with van der Waals surface area (Å²) in [4.78, 5) is 65.6. The predicted octanol–water partition coefficient (Wildman–Crippen LogP) is 8.82. The van der Waals surface area contributed by atoms with E-state index < -0.39 is 24.3 Å². The van der Waals surface area contributed by atoms with E-state index in [4.69, 9.17) is 19.4 Å². The number of fused-ring (bicyclic) bond motifs is 2. The Morgan fingerprint density at radius 2 is 0.983 bits per heavy atom. The quantitative estimate of drug-likeness (QED) is 0.142. The van der Waals surface area contributed by atoms with Crippen LogP contribution in [-0.2, 0) is 19.1 Å². The van der Waals surface area contributed by atoms with Gasteiger partial charge in [0.05, 0.1) is 46.7 Å². The second-order valence-electron chi connectivity index (χ2n) is 16.5. The van der Waals surface area contributed by atoms with Gasteiger partial charge in [-0.3, -0.25) is 9.59 Å². The smallest absolute Gasteiger partial charge is 0.407 e. The van der Waals surface area contributed by atoms with Crippen molar-refractivity contribution < 1.29 is 28.7 Å². The molecule has 2 N–H and O–H groups in total. The fraction of sp³-hybridized carbons (Fsp3) is 0.455. The first-order chi connectivity index (χ1) is 27.7. The number of thiazole rings is 2. The van der Waals surface area contributed by atoms with Crippen LogP contribution < -0.4 is 10.6 Å². The van der Waals surface area contributed by atoms with Crippen molar-refractivity contribution in [1.29, 1.82) is 0 Å². The van der Waals surface area contributed by atoms with Crippen LogP contribution in [0.4, 0.5) is 9.59 Å². The lowest BCUT2D eigenvalue weighted by atomic mass is 10.00. The number of aromatic nitrogens is 2. The predicted molar refractivity (Wildman–Crippen MR) is 228 cm³/mol. The maximum atomic E-state index is 13.8. The molecule has 12 nitrogen and oxygen atoms in total. The molecule has 6 atom stereocenters. The van der Waals surface area contributed by atoms with Gasteiger partial charge in [-0.1, -0.05) is 77.9 Å². The molecule has 2 aromatic heterocycles. The molecule has 2 saturated heterocycles. The normalized spacial score (nSPS) is 20.5. The van der Waals surface area contributed by atoms with Crippen LogP contribution in [0.1, 0.15) is 76.5 Å². The molecule has 14 heteroatoms. The van der Waals surface area contributed by atoms with Crippen molar-refractivity contribution in [3.05, 3.63) is 70.7 Å². The fourth-order valence-electron chi connectivity index (χ4n) is 8.19. The standard InChI is InChI=1S/C44H52N6O6S2/c1-23(2)37(47-43(53)55-7)41(51)49-21-25(5)17-33(49)39-45-31-19-29(13-15-35(31)57-39)27-9-11-28(12-10-27)30-14-16-36-32(20-30)46-40(58-36)34-18-26(6)22-50(34)42(52)38(24(3)4)48-44(54)56-8/h9-16,19-20,23-26,33-34,37-38H,17-18,21-22H2,1-8H3,(H,47,53)(H,48,54)/t25-,26-,33-,34-,37-,38-/m0/s1. The van der Waals surface area contributed by atoms with Gasteiger partial charge in [0.1, 0.15) is 22.1 Å². The van der Waals surface area contributed by atoms with E-state index in [2.05, 4.69) is 85.1 Å². The average molecular weight is 825 g/mol. The van der Waals surface area contributed by atoms with E-state index >= 15 is 0 Å². The maximum Gasteiger partial charge on any atom is 0.407 e. The number of alkyl carbamates (subject to hydrolysis) is 2. The molecule has 0 bridgehead atoms. The SMILES string of the molecule is COC(=O)N[C@H](C(=O)N1C[C@@H](C)C[C@H]1c1nc2cc(-c3ccc(-c4ccc5sc([C@@H]6C[C@H](C)CN6C(=O)[C@@H](NC(=O)OC)C(C)C)nc5c4)cc3)ccc2s1)C(C)C. The van der Waals surface area contributed by atoms with Gasteiger partial charge in [0.2, 0.25) is 11.8 Å². The fourth-order valence-corrected chi connectivity index (χ4v) is 10.3. The zero-order valence-corrected chi connectivity index (χ0v) is 35.9. The molecule has 58 heavy (non-hydrogen) atoms. The molecule has 0 spiro atoms. The third kappa shape index (κ3) is 8.40. The van der Waals surface area contributed by atoms with Gasteiger partial charge in [-0.05, 0) is 83.0 Å². The molecule has 2 aliphatic heterocycles. The third-order valence-electron chi connectivity index (χ3n) is 11.3. The number of hydrogen-bond acceptors (Lipinski definition) is 10. The van der Waals surface area contributed by atoms with Crippen LogP contribution in [0.15, 0.2) is 60.7 Å². The summed E-state index contributed by atoms with van der Waals surface area (Å²) in [5.74, 6) is 0.173. The van der Waals surface area contributed by atoms with Gasteiger partial charge in [0, 0.05) is 13.1 Å². The maximum absolute atomic E-state index is 13.8. The van der Waals surface area contributed by atoms with E-state index in [9.17, 15) is 19.2 Å². The molecule has 2 fully saturated rings. The lowest BCUT2D eigenvalue weighted by Gasteiger charge is -2.30. The highest BCUT2D eigenvalue weighted by Gasteiger charge is 2.41. The molecule has 7 rings (SSSR count).